The van der Waals surface area contributed by atoms with Gasteiger partial charge in [0.1, 0.15) is 5.69 Å². The number of alkyl halides is 3. The Morgan fingerprint density at radius 3 is 2.42 bits per heavy atom. The fourth-order valence-electron chi connectivity index (χ4n) is 2.18. The fourth-order valence-corrected chi connectivity index (χ4v) is 2.18. The lowest BCUT2D eigenvalue weighted by Gasteiger charge is -2.05. The Balaban J connectivity index is 1.62. The summed E-state index contributed by atoms with van der Waals surface area (Å²) in [7, 11) is 0. The molecule has 2 N–H and O–H groups in total. The van der Waals surface area contributed by atoms with E-state index in [1.54, 1.807) is 6.07 Å². The largest absolute Gasteiger partial charge is 0.416 e. The Hall–Kier alpha value is -3.42. The number of nitrogens with one attached hydrogen (secondary N) is 2. The molecule has 2 aromatic carbocycles. The fraction of sp³-hybridized carbons (Fsp3) is 0.0556. The number of benzene rings is 2. The summed E-state index contributed by atoms with van der Waals surface area (Å²) in [6.07, 6.45) is -3.13. The van der Waals surface area contributed by atoms with Gasteiger partial charge in [0, 0.05) is 5.56 Å². The molecule has 1 aromatic heterocycles. The SMILES string of the molecule is O=C(N/N=C\c1ccc(C(F)(F)F)cc1)c1cc(-c2ccccc2)n[nH]1. The standard InChI is InChI=1S/C18H13F3N4O/c19-18(20,21)14-8-6-12(7-9-14)11-22-25-17(26)16-10-15(23-24-16)13-4-2-1-3-5-13/h1-11H,(H,23,24)(H,25,26)/b22-11-. The molecule has 1 amide bonds. The van der Waals surface area contributed by atoms with E-state index in [1.165, 1.54) is 18.3 Å². The number of rotatable bonds is 4. The Morgan fingerprint density at radius 2 is 1.77 bits per heavy atom. The van der Waals surface area contributed by atoms with E-state index in [0.29, 0.717) is 11.3 Å². The summed E-state index contributed by atoms with van der Waals surface area (Å²) in [5.41, 5.74) is 3.66. The number of aromatic amines is 1. The summed E-state index contributed by atoms with van der Waals surface area (Å²) in [5, 5.41) is 10.4. The third-order valence-corrected chi connectivity index (χ3v) is 3.51. The molecule has 0 bridgehead atoms. The van der Waals surface area contributed by atoms with Gasteiger partial charge >= 0.3 is 6.18 Å². The van der Waals surface area contributed by atoms with Gasteiger partial charge in [-0.25, -0.2) is 5.43 Å². The first-order chi connectivity index (χ1) is 12.4. The normalized spacial score (nSPS) is 11.7. The number of carbonyl (C=O) groups excluding carboxylic acids is 1. The second kappa shape index (κ2) is 7.22. The Morgan fingerprint density at radius 1 is 1.08 bits per heavy atom. The quantitative estimate of drug-likeness (QED) is 0.549. The number of hydrogen-bond donors (Lipinski definition) is 2. The summed E-state index contributed by atoms with van der Waals surface area (Å²) >= 11 is 0. The first-order valence-corrected chi connectivity index (χ1v) is 7.55. The molecule has 0 atom stereocenters. The van der Waals surface area contributed by atoms with E-state index in [4.69, 9.17) is 0 Å². The molecule has 132 valence electrons. The summed E-state index contributed by atoms with van der Waals surface area (Å²) < 4.78 is 37.5. The molecule has 0 aliphatic carbocycles. The Kier molecular flexibility index (Phi) is 4.83. The number of hydrogen-bond acceptors (Lipinski definition) is 3. The third kappa shape index (κ3) is 4.15. The highest BCUT2D eigenvalue weighted by Gasteiger charge is 2.29. The van der Waals surface area contributed by atoms with Crippen molar-refractivity contribution in [2.24, 2.45) is 5.10 Å². The number of hydrazone groups is 1. The predicted octanol–water partition coefficient (Wildman–Crippen LogP) is 3.86. The molecule has 0 aliphatic heterocycles. The van der Waals surface area contributed by atoms with Gasteiger partial charge in [0.2, 0.25) is 0 Å². The van der Waals surface area contributed by atoms with Crippen LogP contribution < -0.4 is 5.43 Å². The molecule has 0 saturated carbocycles. The van der Waals surface area contributed by atoms with Gasteiger partial charge in [-0.15, -0.1) is 0 Å². The van der Waals surface area contributed by atoms with Crippen molar-refractivity contribution < 1.29 is 18.0 Å². The number of carbonyl (C=O) groups is 1. The minimum Gasteiger partial charge on any atom is -0.272 e. The average molecular weight is 358 g/mol. The molecule has 0 saturated heterocycles. The smallest absolute Gasteiger partial charge is 0.272 e. The summed E-state index contributed by atoms with van der Waals surface area (Å²) in [6, 6.07) is 15.3. The molecule has 0 spiro atoms. The maximum atomic E-state index is 12.5. The van der Waals surface area contributed by atoms with Crippen LogP contribution in [0, 0.1) is 0 Å². The number of nitrogens with zero attached hydrogens (tertiary/aromatic N) is 2. The zero-order valence-electron chi connectivity index (χ0n) is 13.3. The molecule has 0 aliphatic rings. The van der Waals surface area contributed by atoms with Crippen molar-refractivity contribution in [1.82, 2.24) is 15.6 Å². The van der Waals surface area contributed by atoms with Crippen LogP contribution in [0.25, 0.3) is 11.3 Å². The lowest BCUT2D eigenvalue weighted by Crippen LogP contribution is -2.18. The van der Waals surface area contributed by atoms with E-state index in [1.807, 2.05) is 30.3 Å². The molecule has 0 unspecified atom stereocenters. The monoisotopic (exact) mass is 358 g/mol. The zero-order chi connectivity index (χ0) is 18.6. The highest BCUT2D eigenvalue weighted by atomic mass is 19.4. The van der Waals surface area contributed by atoms with Gasteiger partial charge < -0.3 is 0 Å². The van der Waals surface area contributed by atoms with E-state index in [2.05, 4.69) is 20.7 Å². The van der Waals surface area contributed by atoms with Crippen molar-refractivity contribution in [2.75, 3.05) is 0 Å². The number of aromatic nitrogens is 2. The van der Waals surface area contributed by atoms with Crippen LogP contribution in [0.1, 0.15) is 21.6 Å². The van der Waals surface area contributed by atoms with E-state index < -0.39 is 17.6 Å². The average Bonchev–Trinajstić information content (AvgIpc) is 3.12. The summed E-state index contributed by atoms with van der Waals surface area (Å²) in [4.78, 5) is 12.0. The zero-order valence-corrected chi connectivity index (χ0v) is 13.3. The first kappa shape index (κ1) is 17.4. The van der Waals surface area contributed by atoms with Crippen molar-refractivity contribution in [3.8, 4) is 11.3 Å². The van der Waals surface area contributed by atoms with Gasteiger partial charge in [0.25, 0.3) is 5.91 Å². The molecule has 0 fully saturated rings. The van der Waals surface area contributed by atoms with E-state index in [9.17, 15) is 18.0 Å². The molecule has 0 radical (unpaired) electrons. The van der Waals surface area contributed by atoms with Gasteiger partial charge in [0.05, 0.1) is 17.5 Å². The highest BCUT2D eigenvalue weighted by molar-refractivity contribution is 5.94. The van der Waals surface area contributed by atoms with Crippen LogP contribution in [0.3, 0.4) is 0 Å². The van der Waals surface area contributed by atoms with Gasteiger partial charge in [0.15, 0.2) is 0 Å². The number of amides is 1. The van der Waals surface area contributed by atoms with Gasteiger partial charge in [-0.05, 0) is 23.8 Å². The van der Waals surface area contributed by atoms with Gasteiger partial charge in [-0.3, -0.25) is 9.89 Å². The Labute approximate surface area is 146 Å². The molecule has 26 heavy (non-hydrogen) atoms. The highest BCUT2D eigenvalue weighted by Crippen LogP contribution is 2.28. The predicted molar refractivity (Wildman–Crippen MR) is 90.5 cm³/mol. The maximum absolute atomic E-state index is 12.5. The number of halogens is 3. The summed E-state index contributed by atoms with van der Waals surface area (Å²) in [6.45, 7) is 0. The molecule has 3 aromatic rings. The van der Waals surface area contributed by atoms with Crippen LogP contribution in [0.5, 0.6) is 0 Å². The molecular formula is C18H13F3N4O. The molecule has 3 rings (SSSR count). The van der Waals surface area contributed by atoms with E-state index in [-0.39, 0.29) is 5.69 Å². The van der Waals surface area contributed by atoms with Crippen molar-refractivity contribution in [3.05, 3.63) is 77.5 Å². The van der Waals surface area contributed by atoms with Crippen molar-refractivity contribution in [1.29, 1.82) is 0 Å². The topological polar surface area (TPSA) is 70.1 Å². The van der Waals surface area contributed by atoms with Crippen LogP contribution in [-0.4, -0.2) is 22.3 Å². The van der Waals surface area contributed by atoms with Crippen molar-refractivity contribution in [2.45, 2.75) is 6.18 Å². The molecule has 5 nitrogen and oxygen atoms in total. The number of H-pyrrole nitrogens is 1. The third-order valence-electron chi connectivity index (χ3n) is 3.51. The molecule has 8 heteroatoms. The first-order valence-electron chi connectivity index (χ1n) is 7.55. The second-order valence-corrected chi connectivity index (χ2v) is 5.35. The lowest BCUT2D eigenvalue weighted by atomic mass is 10.1. The van der Waals surface area contributed by atoms with Gasteiger partial charge in [-0.1, -0.05) is 42.5 Å². The van der Waals surface area contributed by atoms with Gasteiger partial charge in [-0.2, -0.15) is 23.4 Å². The second-order valence-electron chi connectivity index (χ2n) is 5.35. The van der Waals surface area contributed by atoms with Crippen LogP contribution in [0.15, 0.2) is 65.8 Å². The Bertz CT molecular complexity index is 916. The minimum absolute atomic E-state index is 0.216. The lowest BCUT2D eigenvalue weighted by molar-refractivity contribution is -0.137. The van der Waals surface area contributed by atoms with E-state index >= 15 is 0 Å². The minimum atomic E-state index is -4.39. The maximum Gasteiger partial charge on any atom is 0.416 e. The summed E-state index contributed by atoms with van der Waals surface area (Å²) in [5.74, 6) is -0.511. The molecular weight excluding hydrogens is 345 g/mol. The van der Waals surface area contributed by atoms with Crippen LogP contribution in [0.4, 0.5) is 13.2 Å². The van der Waals surface area contributed by atoms with Crippen molar-refractivity contribution >= 4 is 12.1 Å². The molecule has 1 heterocycles. The van der Waals surface area contributed by atoms with Crippen LogP contribution in [-0.2, 0) is 6.18 Å². The van der Waals surface area contributed by atoms with Crippen LogP contribution in [0.2, 0.25) is 0 Å². The van der Waals surface area contributed by atoms with E-state index in [0.717, 1.165) is 17.7 Å². The van der Waals surface area contributed by atoms with Crippen molar-refractivity contribution in [3.63, 3.8) is 0 Å². The van der Waals surface area contributed by atoms with Crippen LogP contribution >= 0.6 is 0 Å².